The van der Waals surface area contributed by atoms with Crippen molar-refractivity contribution < 1.29 is 18.8 Å². The lowest BCUT2D eigenvalue weighted by atomic mass is 9.90. The Bertz CT molecular complexity index is 1660. The third-order valence-corrected chi connectivity index (χ3v) is 10.8. The summed E-state index contributed by atoms with van der Waals surface area (Å²) < 4.78 is 14.6. The zero-order valence-electron chi connectivity index (χ0n) is 28.3. The predicted molar refractivity (Wildman–Crippen MR) is 193 cm³/mol. The van der Waals surface area contributed by atoms with Crippen LogP contribution in [0.3, 0.4) is 0 Å². The molecule has 10 heteroatoms. The van der Waals surface area contributed by atoms with Crippen LogP contribution in [0, 0.1) is 11.7 Å². The van der Waals surface area contributed by atoms with Gasteiger partial charge in [-0.05, 0) is 97.3 Å². The number of nitrogens with two attached hydrogens (primary N) is 2. The highest BCUT2D eigenvalue weighted by molar-refractivity contribution is 7.99. The molecule has 1 heterocycles. The van der Waals surface area contributed by atoms with Gasteiger partial charge in [-0.15, -0.1) is 0 Å². The van der Waals surface area contributed by atoms with E-state index >= 15 is 0 Å². The minimum absolute atomic E-state index is 0.0199. The highest BCUT2D eigenvalue weighted by Gasteiger charge is 2.35. The summed E-state index contributed by atoms with van der Waals surface area (Å²) in [6, 6.07) is 19.3. The summed E-state index contributed by atoms with van der Waals surface area (Å²) in [6.07, 6.45) is 6.29. The van der Waals surface area contributed by atoms with Crippen molar-refractivity contribution in [1.82, 2.24) is 15.5 Å². The maximum Gasteiger partial charge on any atom is 0.243 e. The van der Waals surface area contributed by atoms with Crippen molar-refractivity contribution >= 4 is 34.9 Å². The van der Waals surface area contributed by atoms with E-state index in [1.54, 1.807) is 18.0 Å². The summed E-state index contributed by atoms with van der Waals surface area (Å²) >= 11 is 1.50. The van der Waals surface area contributed by atoms with Gasteiger partial charge in [0.2, 0.25) is 11.8 Å². The van der Waals surface area contributed by atoms with E-state index in [9.17, 15) is 18.8 Å². The monoisotopic (exact) mass is 685 g/mol. The summed E-state index contributed by atoms with van der Waals surface area (Å²) in [6.45, 7) is 1.43. The number of unbranched alkanes of at least 4 members (excludes halogenated alkanes) is 1. The van der Waals surface area contributed by atoms with Crippen LogP contribution >= 0.6 is 11.8 Å². The molecule has 3 atom stereocenters. The first-order chi connectivity index (χ1) is 23.8. The highest BCUT2D eigenvalue weighted by atomic mass is 32.2. The Kier molecular flexibility index (Phi) is 13.2. The topological polar surface area (TPSA) is 131 Å². The van der Waals surface area contributed by atoms with Gasteiger partial charge in [0.25, 0.3) is 0 Å². The second kappa shape index (κ2) is 17.7. The molecule has 5 rings (SSSR count). The van der Waals surface area contributed by atoms with Crippen molar-refractivity contribution in [1.29, 1.82) is 0 Å². The van der Waals surface area contributed by atoms with E-state index in [1.807, 2.05) is 36.4 Å². The number of halogens is 1. The minimum Gasteiger partial charge on any atom is -0.350 e. The van der Waals surface area contributed by atoms with Gasteiger partial charge in [0.05, 0.1) is 6.04 Å². The summed E-state index contributed by atoms with van der Waals surface area (Å²) in [5.41, 5.74) is 16.6. The Morgan fingerprint density at radius 1 is 0.857 bits per heavy atom. The number of benzene rings is 3. The quantitative estimate of drug-likeness (QED) is 0.223. The molecule has 6 N–H and O–H groups in total. The molecule has 2 amide bonds. The first-order valence-corrected chi connectivity index (χ1v) is 18.1. The number of likely N-dealkylation sites (N-methyl/N-ethyl adjacent to an activating group) is 1. The molecule has 0 radical (unpaired) electrons. The fraction of sp³-hybridized carbons (Fsp3) is 0.410. The Morgan fingerprint density at radius 2 is 1.59 bits per heavy atom. The van der Waals surface area contributed by atoms with Crippen molar-refractivity contribution in [2.45, 2.75) is 86.3 Å². The van der Waals surface area contributed by atoms with Gasteiger partial charge >= 0.3 is 0 Å². The normalized spacial score (nSPS) is 20.6. The van der Waals surface area contributed by atoms with Crippen LogP contribution in [0.15, 0.2) is 82.6 Å². The zero-order valence-corrected chi connectivity index (χ0v) is 29.1. The van der Waals surface area contributed by atoms with Gasteiger partial charge in [0.1, 0.15) is 11.9 Å². The van der Waals surface area contributed by atoms with Crippen LogP contribution in [-0.4, -0.2) is 54.7 Å². The maximum atomic E-state index is 14.6. The fourth-order valence-electron chi connectivity index (χ4n) is 6.72. The number of fused-ring (bicyclic) bond motifs is 3. The van der Waals surface area contributed by atoms with Crippen LogP contribution in [-0.2, 0) is 33.9 Å². The molecular formula is C39H48FN5O3S. The molecule has 8 nitrogen and oxygen atoms in total. The minimum atomic E-state index is -0.789. The molecule has 49 heavy (non-hydrogen) atoms. The average molecular weight is 686 g/mol. The molecular weight excluding hydrogens is 638 g/mol. The first-order valence-electron chi connectivity index (χ1n) is 17.3. The van der Waals surface area contributed by atoms with Crippen LogP contribution in [0.5, 0.6) is 0 Å². The van der Waals surface area contributed by atoms with E-state index in [2.05, 4.69) is 28.8 Å². The first kappa shape index (κ1) is 36.5. The van der Waals surface area contributed by atoms with Crippen LogP contribution in [0.25, 0.3) is 5.57 Å². The molecule has 2 aliphatic rings. The van der Waals surface area contributed by atoms with Crippen molar-refractivity contribution in [3.8, 4) is 0 Å². The van der Waals surface area contributed by atoms with E-state index in [1.165, 1.54) is 29.5 Å². The van der Waals surface area contributed by atoms with Gasteiger partial charge in [-0.1, -0.05) is 66.7 Å². The molecule has 0 saturated carbocycles. The Balaban J connectivity index is 1.53. The van der Waals surface area contributed by atoms with Gasteiger partial charge in [0, 0.05) is 48.7 Å². The zero-order chi connectivity index (χ0) is 34.8. The Labute approximate surface area is 293 Å². The largest absolute Gasteiger partial charge is 0.350 e. The van der Waals surface area contributed by atoms with Crippen LogP contribution in [0.1, 0.15) is 67.2 Å². The van der Waals surface area contributed by atoms with E-state index in [4.69, 9.17) is 11.5 Å². The summed E-state index contributed by atoms with van der Waals surface area (Å²) in [5, 5.41) is 6.52. The number of hydrogen-bond acceptors (Lipinski definition) is 7. The van der Waals surface area contributed by atoms with Gasteiger partial charge in [-0.25, -0.2) is 4.39 Å². The Morgan fingerprint density at radius 3 is 2.39 bits per heavy atom. The van der Waals surface area contributed by atoms with Crippen molar-refractivity contribution in [2.75, 3.05) is 20.1 Å². The lowest BCUT2D eigenvalue weighted by Gasteiger charge is -2.32. The van der Waals surface area contributed by atoms with E-state index < -0.39 is 18.0 Å². The number of allylic oxidation sites excluding steroid dienone is 1. The van der Waals surface area contributed by atoms with Gasteiger partial charge < -0.3 is 27.0 Å². The number of rotatable bonds is 9. The molecule has 260 valence electrons. The highest BCUT2D eigenvalue weighted by Crippen LogP contribution is 2.35. The second-order valence-electron chi connectivity index (χ2n) is 13.0. The van der Waals surface area contributed by atoms with Gasteiger partial charge in [-0.3, -0.25) is 14.4 Å². The molecule has 3 aromatic carbocycles. The number of hydrogen-bond donors (Lipinski definition) is 4. The molecule has 0 saturated heterocycles. The Hall–Kier alpha value is -3.83. The second-order valence-corrected chi connectivity index (χ2v) is 14.0. The van der Waals surface area contributed by atoms with Gasteiger partial charge in [0.15, 0.2) is 5.78 Å². The SMILES string of the molecule is CN1C(=O)[C@H](CCCCN)CC(=O)[C@H](CCCN)NCc2cc(F)ccc2Sc2ccccc2CNC(=O)[C@@H]1CC1=CCc2ccccc21. The number of carbonyl (C=O) groups excluding carboxylic acids is 3. The van der Waals surface area contributed by atoms with E-state index in [0.717, 1.165) is 44.9 Å². The molecule has 0 bridgehead atoms. The van der Waals surface area contributed by atoms with Crippen molar-refractivity contribution in [2.24, 2.45) is 17.4 Å². The average Bonchev–Trinajstić information content (AvgIpc) is 3.52. The molecule has 0 fully saturated rings. The lowest BCUT2D eigenvalue weighted by Crippen LogP contribution is -2.50. The van der Waals surface area contributed by atoms with Crippen molar-refractivity contribution in [3.05, 3.63) is 101 Å². The number of ketones is 1. The smallest absolute Gasteiger partial charge is 0.243 e. The molecule has 1 aliphatic carbocycles. The predicted octanol–water partition coefficient (Wildman–Crippen LogP) is 5.37. The maximum absolute atomic E-state index is 14.6. The molecule has 0 aromatic heterocycles. The third-order valence-electron chi connectivity index (χ3n) is 9.56. The van der Waals surface area contributed by atoms with Gasteiger partial charge in [-0.2, -0.15) is 0 Å². The fourth-order valence-corrected chi connectivity index (χ4v) is 7.78. The summed E-state index contributed by atoms with van der Waals surface area (Å²) in [7, 11) is 1.68. The molecule has 0 unspecified atom stereocenters. The number of Topliss-reactive ketones (excluding diaryl/α,β-unsaturated/α-hetero) is 1. The molecule has 0 spiro atoms. The van der Waals surface area contributed by atoms with Crippen LogP contribution in [0.4, 0.5) is 4.39 Å². The molecule has 1 aliphatic heterocycles. The van der Waals surface area contributed by atoms with E-state index in [-0.39, 0.29) is 42.9 Å². The van der Waals surface area contributed by atoms with E-state index in [0.29, 0.717) is 45.2 Å². The lowest BCUT2D eigenvalue weighted by molar-refractivity contribution is -0.143. The molecule has 3 aromatic rings. The van der Waals surface area contributed by atoms with Crippen LogP contribution in [0.2, 0.25) is 0 Å². The number of amides is 2. The summed E-state index contributed by atoms with van der Waals surface area (Å²) in [5.74, 6) is -1.58. The van der Waals surface area contributed by atoms with Crippen molar-refractivity contribution in [3.63, 3.8) is 0 Å². The number of carbonyl (C=O) groups is 3. The third kappa shape index (κ3) is 9.45. The standard InChI is InChI=1S/C39H48FN5O3S/c1-45-34(22-27-16-15-26-9-2-4-12-32(26)27)38(47)44-24-29-11-3-5-14-36(29)49-37-18-17-31(40)21-30(37)25-43-33(13-8-20-42)35(46)23-28(39(45)48)10-6-7-19-41/h2-5,9,11-12,14,16-18,21,28,33-34,43H,6-8,10,13,15,19-20,22-25,41-42H2,1H3,(H,44,47)/t28-,33+,34+/m1/s1. The summed E-state index contributed by atoms with van der Waals surface area (Å²) in [4.78, 5) is 45.9. The van der Waals surface area contributed by atoms with Crippen LogP contribution < -0.4 is 22.1 Å². The number of nitrogens with zero attached hydrogens (tertiary/aromatic N) is 1. The number of nitrogens with one attached hydrogen (secondary N) is 2.